The van der Waals surface area contributed by atoms with E-state index in [-0.39, 0.29) is 5.54 Å². The van der Waals surface area contributed by atoms with Crippen molar-refractivity contribution >= 4 is 17.4 Å². The van der Waals surface area contributed by atoms with Gasteiger partial charge in [0.05, 0.1) is 5.02 Å². The molecule has 0 N–H and O–H groups in total. The maximum atomic E-state index is 5.78. The van der Waals surface area contributed by atoms with Gasteiger partial charge in [-0.15, -0.1) is 0 Å². The standard InChI is InChI=1S/C11H17ClN2/c1-5-11(2,3)14(4)10-7-6-9(12)8-13-10/h6-8H,5H2,1-4H3. The summed E-state index contributed by atoms with van der Waals surface area (Å²) in [7, 11) is 2.06. The summed E-state index contributed by atoms with van der Waals surface area (Å²) in [4.78, 5) is 6.46. The van der Waals surface area contributed by atoms with Crippen LogP contribution in [0.2, 0.25) is 5.02 Å². The minimum absolute atomic E-state index is 0.126. The molecule has 78 valence electrons. The minimum Gasteiger partial charge on any atom is -0.355 e. The minimum atomic E-state index is 0.126. The first-order chi connectivity index (χ1) is 6.47. The van der Waals surface area contributed by atoms with Crippen LogP contribution in [0, 0.1) is 0 Å². The molecule has 0 aromatic carbocycles. The van der Waals surface area contributed by atoms with E-state index in [9.17, 15) is 0 Å². The molecule has 1 heterocycles. The molecule has 0 radical (unpaired) electrons. The number of halogens is 1. The highest BCUT2D eigenvalue weighted by Crippen LogP contribution is 2.23. The fraction of sp³-hybridized carbons (Fsp3) is 0.545. The van der Waals surface area contributed by atoms with Gasteiger partial charge in [0.15, 0.2) is 0 Å². The maximum Gasteiger partial charge on any atom is 0.128 e. The summed E-state index contributed by atoms with van der Waals surface area (Å²) in [5.74, 6) is 0.959. The number of hydrogen-bond donors (Lipinski definition) is 0. The second-order valence-electron chi connectivity index (χ2n) is 4.06. The highest BCUT2D eigenvalue weighted by atomic mass is 35.5. The Morgan fingerprint density at radius 2 is 2.07 bits per heavy atom. The zero-order valence-corrected chi connectivity index (χ0v) is 9.97. The molecular formula is C11H17ClN2. The lowest BCUT2D eigenvalue weighted by atomic mass is 10.0. The van der Waals surface area contributed by atoms with Gasteiger partial charge < -0.3 is 4.90 Å². The molecule has 0 saturated carbocycles. The molecule has 0 saturated heterocycles. The van der Waals surface area contributed by atoms with Crippen LogP contribution in [-0.2, 0) is 0 Å². The first-order valence-electron chi connectivity index (χ1n) is 4.83. The molecule has 0 spiro atoms. The Morgan fingerprint density at radius 1 is 1.43 bits per heavy atom. The average Bonchev–Trinajstić information content (AvgIpc) is 2.18. The van der Waals surface area contributed by atoms with Gasteiger partial charge in [-0.05, 0) is 32.4 Å². The van der Waals surface area contributed by atoms with Crippen LogP contribution in [-0.4, -0.2) is 17.6 Å². The van der Waals surface area contributed by atoms with E-state index in [0.717, 1.165) is 12.2 Å². The van der Waals surface area contributed by atoms with Crippen molar-refractivity contribution in [2.45, 2.75) is 32.7 Å². The van der Waals surface area contributed by atoms with Gasteiger partial charge in [0.1, 0.15) is 5.82 Å². The van der Waals surface area contributed by atoms with Crippen LogP contribution in [0.15, 0.2) is 18.3 Å². The lowest BCUT2D eigenvalue weighted by Crippen LogP contribution is -2.40. The molecule has 0 amide bonds. The number of anilines is 1. The van der Waals surface area contributed by atoms with E-state index in [1.54, 1.807) is 6.20 Å². The predicted molar refractivity (Wildman–Crippen MR) is 62.0 cm³/mol. The highest BCUT2D eigenvalue weighted by Gasteiger charge is 2.21. The van der Waals surface area contributed by atoms with Crippen LogP contribution < -0.4 is 4.90 Å². The summed E-state index contributed by atoms with van der Waals surface area (Å²) in [5, 5.41) is 0.677. The van der Waals surface area contributed by atoms with E-state index in [0.29, 0.717) is 5.02 Å². The molecule has 1 aromatic heterocycles. The maximum absolute atomic E-state index is 5.78. The van der Waals surface area contributed by atoms with Crippen molar-refractivity contribution < 1.29 is 0 Å². The summed E-state index contributed by atoms with van der Waals surface area (Å²) in [5.41, 5.74) is 0.126. The third kappa shape index (κ3) is 2.38. The SMILES string of the molecule is CCC(C)(C)N(C)c1ccc(Cl)cn1. The smallest absolute Gasteiger partial charge is 0.128 e. The van der Waals surface area contributed by atoms with Crippen molar-refractivity contribution in [2.75, 3.05) is 11.9 Å². The summed E-state index contributed by atoms with van der Waals surface area (Å²) in [6.45, 7) is 6.57. The Kier molecular flexibility index (Phi) is 3.38. The van der Waals surface area contributed by atoms with Crippen LogP contribution in [0.25, 0.3) is 0 Å². The second-order valence-corrected chi connectivity index (χ2v) is 4.50. The fourth-order valence-corrected chi connectivity index (χ4v) is 1.23. The van der Waals surface area contributed by atoms with Crippen LogP contribution in [0.5, 0.6) is 0 Å². The van der Waals surface area contributed by atoms with Crippen LogP contribution in [0.3, 0.4) is 0 Å². The first-order valence-corrected chi connectivity index (χ1v) is 5.20. The van der Waals surface area contributed by atoms with E-state index in [4.69, 9.17) is 11.6 Å². The fourth-order valence-electron chi connectivity index (χ4n) is 1.11. The number of aromatic nitrogens is 1. The number of rotatable bonds is 3. The molecule has 0 aliphatic carbocycles. The summed E-state index contributed by atoms with van der Waals surface area (Å²) < 4.78 is 0. The van der Waals surface area contributed by atoms with Gasteiger partial charge in [-0.25, -0.2) is 4.98 Å². The summed E-state index contributed by atoms with van der Waals surface area (Å²) in [6, 6.07) is 3.81. The van der Waals surface area contributed by atoms with E-state index in [1.807, 2.05) is 12.1 Å². The third-order valence-electron chi connectivity index (χ3n) is 2.83. The third-order valence-corrected chi connectivity index (χ3v) is 3.05. The van der Waals surface area contributed by atoms with Crippen LogP contribution >= 0.6 is 11.6 Å². The molecule has 0 unspecified atom stereocenters. The van der Waals surface area contributed by atoms with Crippen molar-refractivity contribution in [3.05, 3.63) is 23.4 Å². The molecule has 0 aliphatic rings. The van der Waals surface area contributed by atoms with Gasteiger partial charge in [-0.1, -0.05) is 18.5 Å². The van der Waals surface area contributed by atoms with Crippen molar-refractivity contribution in [2.24, 2.45) is 0 Å². The van der Waals surface area contributed by atoms with Gasteiger partial charge in [0.25, 0.3) is 0 Å². The molecule has 0 fully saturated rings. The van der Waals surface area contributed by atoms with Gasteiger partial charge in [0, 0.05) is 18.8 Å². The summed E-state index contributed by atoms with van der Waals surface area (Å²) >= 11 is 5.78. The molecule has 3 heteroatoms. The van der Waals surface area contributed by atoms with E-state index >= 15 is 0 Å². The van der Waals surface area contributed by atoms with Gasteiger partial charge in [-0.2, -0.15) is 0 Å². The summed E-state index contributed by atoms with van der Waals surface area (Å²) in [6.07, 6.45) is 2.76. The molecular weight excluding hydrogens is 196 g/mol. The zero-order chi connectivity index (χ0) is 10.8. The molecule has 0 atom stereocenters. The van der Waals surface area contributed by atoms with Crippen molar-refractivity contribution in [3.8, 4) is 0 Å². The normalized spacial score (nSPS) is 11.5. The van der Waals surface area contributed by atoms with Gasteiger partial charge in [-0.3, -0.25) is 0 Å². The number of nitrogens with zero attached hydrogens (tertiary/aromatic N) is 2. The molecule has 1 rings (SSSR count). The quantitative estimate of drug-likeness (QED) is 0.764. The van der Waals surface area contributed by atoms with Crippen molar-refractivity contribution in [1.29, 1.82) is 0 Å². The molecule has 1 aromatic rings. The zero-order valence-electron chi connectivity index (χ0n) is 9.21. The Bertz CT molecular complexity index is 293. The Labute approximate surface area is 90.9 Å². The van der Waals surface area contributed by atoms with Crippen molar-refractivity contribution in [1.82, 2.24) is 4.98 Å². The first kappa shape index (κ1) is 11.3. The second kappa shape index (κ2) is 4.18. The molecule has 0 aliphatic heterocycles. The topological polar surface area (TPSA) is 16.1 Å². The molecule has 2 nitrogen and oxygen atoms in total. The van der Waals surface area contributed by atoms with E-state index in [2.05, 4.69) is 37.7 Å². The largest absolute Gasteiger partial charge is 0.355 e. The van der Waals surface area contributed by atoms with Gasteiger partial charge >= 0.3 is 0 Å². The van der Waals surface area contributed by atoms with Gasteiger partial charge in [0.2, 0.25) is 0 Å². The average molecular weight is 213 g/mol. The predicted octanol–water partition coefficient (Wildman–Crippen LogP) is 3.36. The molecule has 14 heavy (non-hydrogen) atoms. The Hall–Kier alpha value is -0.760. The van der Waals surface area contributed by atoms with Crippen molar-refractivity contribution in [3.63, 3.8) is 0 Å². The van der Waals surface area contributed by atoms with E-state index < -0.39 is 0 Å². The Morgan fingerprint density at radius 3 is 2.50 bits per heavy atom. The number of hydrogen-bond acceptors (Lipinski definition) is 2. The Balaban J connectivity index is 2.89. The molecule has 0 bridgehead atoms. The van der Waals surface area contributed by atoms with E-state index in [1.165, 1.54) is 0 Å². The van der Waals surface area contributed by atoms with Crippen LogP contribution in [0.4, 0.5) is 5.82 Å². The lowest BCUT2D eigenvalue weighted by Gasteiger charge is -2.35. The highest BCUT2D eigenvalue weighted by molar-refractivity contribution is 6.30. The lowest BCUT2D eigenvalue weighted by molar-refractivity contribution is 0.467. The van der Waals surface area contributed by atoms with Crippen LogP contribution in [0.1, 0.15) is 27.2 Å². The monoisotopic (exact) mass is 212 g/mol. The number of pyridine rings is 1.